The molecule has 1 aromatic rings. The zero-order chi connectivity index (χ0) is 13.9. The molecule has 2 heteroatoms. The number of nitrogens with one attached hydrogen (secondary N) is 1. The zero-order valence-corrected chi connectivity index (χ0v) is 13.2. The van der Waals surface area contributed by atoms with E-state index in [1.54, 1.807) is 0 Å². The van der Waals surface area contributed by atoms with Crippen LogP contribution >= 0.6 is 11.6 Å². The van der Waals surface area contributed by atoms with E-state index >= 15 is 0 Å². The third-order valence-electron chi connectivity index (χ3n) is 5.36. The lowest BCUT2D eigenvalue weighted by molar-refractivity contribution is 0.189. The first-order valence-electron chi connectivity index (χ1n) is 8.27. The van der Waals surface area contributed by atoms with Crippen molar-refractivity contribution in [1.82, 2.24) is 5.32 Å². The molecule has 2 aliphatic carbocycles. The summed E-state index contributed by atoms with van der Waals surface area (Å²) in [5.41, 5.74) is 1.46. The summed E-state index contributed by atoms with van der Waals surface area (Å²) < 4.78 is 0. The van der Waals surface area contributed by atoms with Crippen molar-refractivity contribution in [3.63, 3.8) is 0 Å². The minimum Gasteiger partial charge on any atom is -0.311 e. The monoisotopic (exact) mass is 291 g/mol. The molecule has 1 N–H and O–H groups in total. The van der Waals surface area contributed by atoms with Gasteiger partial charge in [0.25, 0.3) is 0 Å². The van der Waals surface area contributed by atoms with Crippen molar-refractivity contribution in [2.45, 2.75) is 69.9 Å². The summed E-state index contributed by atoms with van der Waals surface area (Å²) in [6.07, 6.45) is 9.62. The molecule has 1 aromatic carbocycles. The number of benzene rings is 1. The van der Waals surface area contributed by atoms with Crippen LogP contribution in [0, 0.1) is 5.92 Å². The van der Waals surface area contributed by atoms with E-state index in [-0.39, 0.29) is 0 Å². The maximum Gasteiger partial charge on any atom is 0.0406 e. The fourth-order valence-corrected chi connectivity index (χ4v) is 4.11. The molecule has 2 fully saturated rings. The number of halogens is 1. The Hall–Kier alpha value is -0.530. The molecule has 1 nitrogen and oxygen atoms in total. The molecule has 2 unspecified atom stereocenters. The minimum absolute atomic E-state index is 0.743. The third kappa shape index (κ3) is 3.20. The van der Waals surface area contributed by atoms with Gasteiger partial charge in [0, 0.05) is 17.1 Å². The third-order valence-corrected chi connectivity index (χ3v) is 5.61. The highest BCUT2D eigenvalue weighted by Crippen LogP contribution is 2.38. The van der Waals surface area contributed by atoms with Crippen molar-refractivity contribution < 1.29 is 0 Å². The highest BCUT2D eigenvalue weighted by molar-refractivity contribution is 6.30. The van der Waals surface area contributed by atoms with Crippen LogP contribution in [-0.4, -0.2) is 12.1 Å². The maximum atomic E-state index is 5.95. The second-order valence-electron chi connectivity index (χ2n) is 6.64. The van der Waals surface area contributed by atoms with Gasteiger partial charge >= 0.3 is 0 Å². The average molecular weight is 292 g/mol. The topological polar surface area (TPSA) is 12.0 Å². The van der Waals surface area contributed by atoms with Crippen LogP contribution in [0.5, 0.6) is 0 Å². The lowest BCUT2D eigenvalue weighted by atomic mass is 9.74. The van der Waals surface area contributed by atoms with E-state index in [0.717, 1.165) is 28.9 Å². The van der Waals surface area contributed by atoms with Crippen molar-refractivity contribution in [2.75, 3.05) is 0 Å². The SMILES string of the molecule is CCC1CCCCC1NC1CC(c2ccc(Cl)cc2)C1. The van der Waals surface area contributed by atoms with E-state index in [9.17, 15) is 0 Å². The van der Waals surface area contributed by atoms with Crippen LogP contribution in [0.4, 0.5) is 0 Å². The van der Waals surface area contributed by atoms with Gasteiger partial charge in [0.15, 0.2) is 0 Å². The van der Waals surface area contributed by atoms with Gasteiger partial charge in [-0.3, -0.25) is 0 Å². The molecule has 0 aliphatic heterocycles. The van der Waals surface area contributed by atoms with Crippen LogP contribution in [0.1, 0.15) is 63.4 Å². The van der Waals surface area contributed by atoms with Crippen LogP contribution in [0.3, 0.4) is 0 Å². The van der Waals surface area contributed by atoms with Crippen molar-refractivity contribution in [1.29, 1.82) is 0 Å². The first-order chi connectivity index (χ1) is 9.76. The molecule has 3 rings (SSSR count). The number of hydrogen-bond donors (Lipinski definition) is 1. The average Bonchev–Trinajstić information content (AvgIpc) is 2.44. The zero-order valence-electron chi connectivity index (χ0n) is 12.4. The fraction of sp³-hybridized carbons (Fsp3) is 0.667. The number of rotatable bonds is 4. The highest BCUT2D eigenvalue weighted by atomic mass is 35.5. The van der Waals surface area contributed by atoms with Gasteiger partial charge in [-0.05, 0) is 55.2 Å². The first kappa shape index (κ1) is 14.4. The van der Waals surface area contributed by atoms with Gasteiger partial charge in [-0.25, -0.2) is 0 Å². The maximum absolute atomic E-state index is 5.95. The van der Waals surface area contributed by atoms with Gasteiger partial charge in [-0.15, -0.1) is 0 Å². The molecule has 2 atom stereocenters. The fourth-order valence-electron chi connectivity index (χ4n) is 3.98. The smallest absolute Gasteiger partial charge is 0.0406 e. The van der Waals surface area contributed by atoms with E-state index in [1.807, 2.05) is 12.1 Å². The quantitative estimate of drug-likeness (QED) is 0.809. The Bertz CT molecular complexity index is 422. The molecule has 0 amide bonds. The Morgan fingerprint density at radius 2 is 1.80 bits per heavy atom. The molecule has 0 aromatic heterocycles. The summed E-state index contributed by atoms with van der Waals surface area (Å²) in [6, 6.07) is 9.95. The largest absolute Gasteiger partial charge is 0.311 e. The van der Waals surface area contributed by atoms with E-state index in [1.165, 1.54) is 50.5 Å². The molecule has 2 saturated carbocycles. The van der Waals surface area contributed by atoms with E-state index in [2.05, 4.69) is 24.4 Å². The molecule has 20 heavy (non-hydrogen) atoms. The predicted molar refractivity (Wildman–Crippen MR) is 86.4 cm³/mol. The highest BCUT2D eigenvalue weighted by Gasteiger charge is 2.33. The Morgan fingerprint density at radius 3 is 2.50 bits per heavy atom. The van der Waals surface area contributed by atoms with Crippen molar-refractivity contribution in [3.8, 4) is 0 Å². The molecular weight excluding hydrogens is 266 g/mol. The Morgan fingerprint density at radius 1 is 1.10 bits per heavy atom. The van der Waals surface area contributed by atoms with Gasteiger partial charge in [0.05, 0.1) is 0 Å². The van der Waals surface area contributed by atoms with E-state index in [0.29, 0.717) is 0 Å². The van der Waals surface area contributed by atoms with Crippen LogP contribution in [0.15, 0.2) is 24.3 Å². The lowest BCUT2D eigenvalue weighted by Crippen LogP contribution is -2.49. The van der Waals surface area contributed by atoms with Crippen LogP contribution in [0.25, 0.3) is 0 Å². The summed E-state index contributed by atoms with van der Waals surface area (Å²) in [4.78, 5) is 0. The van der Waals surface area contributed by atoms with Crippen LogP contribution < -0.4 is 5.32 Å². The van der Waals surface area contributed by atoms with Crippen molar-refractivity contribution in [3.05, 3.63) is 34.9 Å². The van der Waals surface area contributed by atoms with Crippen LogP contribution in [0.2, 0.25) is 5.02 Å². The standard InChI is InChI=1S/C18H26ClN/c1-2-13-5-3-4-6-18(13)20-17-11-15(12-17)14-7-9-16(19)10-8-14/h7-10,13,15,17-18,20H,2-6,11-12H2,1H3. The molecule has 0 spiro atoms. The summed E-state index contributed by atoms with van der Waals surface area (Å²) in [6.45, 7) is 2.35. The predicted octanol–water partition coefficient (Wildman–Crippen LogP) is 5.14. The Kier molecular flexibility index (Phi) is 4.68. The van der Waals surface area contributed by atoms with Gasteiger partial charge in [-0.1, -0.05) is 49.9 Å². The summed E-state index contributed by atoms with van der Waals surface area (Å²) in [5, 5.41) is 4.78. The lowest BCUT2D eigenvalue weighted by Gasteiger charge is -2.42. The molecule has 110 valence electrons. The first-order valence-corrected chi connectivity index (χ1v) is 8.65. The normalized spacial score (nSPS) is 33.7. The minimum atomic E-state index is 0.743. The van der Waals surface area contributed by atoms with Gasteiger partial charge in [0.1, 0.15) is 0 Å². The van der Waals surface area contributed by atoms with E-state index in [4.69, 9.17) is 11.6 Å². The molecular formula is C18H26ClN. The Balaban J connectivity index is 1.49. The Labute approximate surface area is 128 Å². The summed E-state index contributed by atoms with van der Waals surface area (Å²) in [7, 11) is 0. The van der Waals surface area contributed by atoms with Crippen molar-refractivity contribution >= 4 is 11.6 Å². The van der Waals surface area contributed by atoms with Gasteiger partial charge < -0.3 is 5.32 Å². The molecule has 2 aliphatic rings. The summed E-state index contributed by atoms with van der Waals surface area (Å²) >= 11 is 5.95. The summed E-state index contributed by atoms with van der Waals surface area (Å²) in [5.74, 6) is 1.66. The van der Waals surface area contributed by atoms with Gasteiger partial charge in [0.2, 0.25) is 0 Å². The second-order valence-corrected chi connectivity index (χ2v) is 7.08. The molecule has 0 bridgehead atoms. The van der Waals surface area contributed by atoms with Crippen LogP contribution in [-0.2, 0) is 0 Å². The van der Waals surface area contributed by atoms with Crippen molar-refractivity contribution in [2.24, 2.45) is 5.92 Å². The second kappa shape index (κ2) is 6.49. The number of hydrogen-bond acceptors (Lipinski definition) is 1. The van der Waals surface area contributed by atoms with E-state index < -0.39 is 0 Å². The molecule has 0 radical (unpaired) electrons. The van der Waals surface area contributed by atoms with Gasteiger partial charge in [-0.2, -0.15) is 0 Å². The molecule has 0 saturated heterocycles. The molecule has 0 heterocycles.